The summed E-state index contributed by atoms with van der Waals surface area (Å²) in [5.74, 6) is 0.0930. The molecule has 0 radical (unpaired) electrons. The Balaban J connectivity index is 1.58. The molecule has 2 heterocycles. The molecule has 2 unspecified atom stereocenters. The SMILES string of the molecule is COc1ccccc1NC(=O)N1CCC(CC(=O)O)C(CCN2CCN(C(C)=O)CC2)C1. The number of para-hydroxylation sites is 2. The number of methoxy groups -OCH3 is 1. The third kappa shape index (κ3) is 6.35. The van der Waals surface area contributed by atoms with Gasteiger partial charge in [0.2, 0.25) is 5.91 Å². The van der Waals surface area contributed by atoms with Gasteiger partial charge in [-0.25, -0.2) is 4.79 Å². The number of piperidine rings is 1. The number of hydrogen-bond donors (Lipinski definition) is 2. The van der Waals surface area contributed by atoms with E-state index in [9.17, 15) is 19.5 Å². The molecule has 9 nitrogen and oxygen atoms in total. The van der Waals surface area contributed by atoms with E-state index in [1.54, 1.807) is 31.1 Å². The van der Waals surface area contributed by atoms with E-state index in [0.29, 0.717) is 30.9 Å². The molecule has 2 atom stereocenters. The fourth-order valence-electron chi connectivity index (χ4n) is 4.66. The molecule has 2 aliphatic heterocycles. The molecular formula is C23H34N4O5. The average molecular weight is 447 g/mol. The van der Waals surface area contributed by atoms with Crippen LogP contribution in [0.3, 0.4) is 0 Å². The van der Waals surface area contributed by atoms with Crippen LogP contribution in [0.15, 0.2) is 24.3 Å². The lowest BCUT2D eigenvalue weighted by Gasteiger charge is -2.40. The Morgan fingerprint density at radius 1 is 1.06 bits per heavy atom. The number of carbonyl (C=O) groups excluding carboxylic acids is 2. The second-order valence-electron chi connectivity index (χ2n) is 8.62. The van der Waals surface area contributed by atoms with E-state index in [2.05, 4.69) is 10.2 Å². The number of aliphatic carboxylic acids is 1. The van der Waals surface area contributed by atoms with Crippen LogP contribution in [0.4, 0.5) is 10.5 Å². The fourth-order valence-corrected chi connectivity index (χ4v) is 4.66. The Morgan fingerprint density at radius 2 is 1.78 bits per heavy atom. The van der Waals surface area contributed by atoms with Crippen LogP contribution in [-0.4, -0.2) is 90.6 Å². The molecule has 0 saturated carbocycles. The fraction of sp³-hybridized carbons (Fsp3) is 0.609. The first-order valence-electron chi connectivity index (χ1n) is 11.3. The van der Waals surface area contributed by atoms with E-state index in [0.717, 1.165) is 39.1 Å². The Kier molecular flexibility index (Phi) is 8.33. The number of piperazine rings is 1. The van der Waals surface area contributed by atoms with Crippen LogP contribution in [0.2, 0.25) is 0 Å². The van der Waals surface area contributed by atoms with E-state index in [4.69, 9.17) is 4.74 Å². The molecule has 2 fully saturated rings. The van der Waals surface area contributed by atoms with Gasteiger partial charge in [-0.1, -0.05) is 12.1 Å². The maximum absolute atomic E-state index is 12.9. The molecular weight excluding hydrogens is 412 g/mol. The smallest absolute Gasteiger partial charge is 0.321 e. The van der Waals surface area contributed by atoms with Gasteiger partial charge in [0.25, 0.3) is 0 Å². The monoisotopic (exact) mass is 446 g/mol. The lowest BCUT2D eigenvalue weighted by atomic mass is 9.81. The maximum Gasteiger partial charge on any atom is 0.321 e. The zero-order valence-corrected chi connectivity index (χ0v) is 19.0. The van der Waals surface area contributed by atoms with Crippen LogP contribution >= 0.6 is 0 Å². The van der Waals surface area contributed by atoms with Crippen molar-refractivity contribution in [2.24, 2.45) is 11.8 Å². The Bertz CT molecular complexity index is 809. The zero-order valence-electron chi connectivity index (χ0n) is 19.0. The number of carboxylic acid groups (broad SMARTS) is 1. The minimum absolute atomic E-state index is 0.0568. The number of nitrogens with zero attached hydrogens (tertiary/aromatic N) is 3. The van der Waals surface area contributed by atoms with Crippen molar-refractivity contribution in [2.45, 2.75) is 26.2 Å². The summed E-state index contributed by atoms with van der Waals surface area (Å²) < 4.78 is 5.31. The molecule has 0 aliphatic carbocycles. The zero-order chi connectivity index (χ0) is 23.1. The number of likely N-dealkylation sites (tertiary alicyclic amines) is 1. The first kappa shape index (κ1) is 23.8. The highest BCUT2D eigenvalue weighted by atomic mass is 16.5. The molecule has 3 amide bonds. The van der Waals surface area contributed by atoms with Crippen LogP contribution in [0.25, 0.3) is 0 Å². The van der Waals surface area contributed by atoms with E-state index in [1.165, 1.54) is 0 Å². The van der Waals surface area contributed by atoms with Crippen molar-refractivity contribution in [1.29, 1.82) is 0 Å². The molecule has 9 heteroatoms. The van der Waals surface area contributed by atoms with Crippen molar-refractivity contribution in [1.82, 2.24) is 14.7 Å². The summed E-state index contributed by atoms with van der Waals surface area (Å²) in [6.45, 7) is 6.62. The van der Waals surface area contributed by atoms with E-state index >= 15 is 0 Å². The highest BCUT2D eigenvalue weighted by molar-refractivity contribution is 5.91. The summed E-state index contributed by atoms with van der Waals surface area (Å²) in [5.41, 5.74) is 0.618. The molecule has 1 aromatic carbocycles. The second kappa shape index (κ2) is 11.2. The van der Waals surface area contributed by atoms with Gasteiger partial charge < -0.3 is 25.0 Å². The number of carbonyl (C=O) groups is 3. The lowest BCUT2D eigenvalue weighted by molar-refractivity contribution is -0.139. The Hall–Kier alpha value is -2.81. The number of anilines is 1. The number of rotatable bonds is 7. The van der Waals surface area contributed by atoms with Crippen LogP contribution in [0, 0.1) is 11.8 Å². The van der Waals surface area contributed by atoms with Gasteiger partial charge in [0.05, 0.1) is 12.8 Å². The number of amides is 3. The normalized spacial score (nSPS) is 21.8. The molecule has 176 valence electrons. The summed E-state index contributed by atoms with van der Waals surface area (Å²) in [4.78, 5) is 41.8. The minimum atomic E-state index is -0.790. The molecule has 32 heavy (non-hydrogen) atoms. The number of ether oxygens (including phenoxy) is 1. The number of carboxylic acids is 1. The van der Waals surface area contributed by atoms with Crippen molar-refractivity contribution < 1.29 is 24.2 Å². The molecule has 0 aromatic heterocycles. The van der Waals surface area contributed by atoms with Gasteiger partial charge in [-0.05, 0) is 43.4 Å². The van der Waals surface area contributed by atoms with Crippen LogP contribution in [0.1, 0.15) is 26.2 Å². The highest BCUT2D eigenvalue weighted by Crippen LogP contribution is 2.31. The van der Waals surface area contributed by atoms with Gasteiger partial charge in [-0.3, -0.25) is 14.5 Å². The quantitative estimate of drug-likeness (QED) is 0.666. The van der Waals surface area contributed by atoms with Crippen molar-refractivity contribution in [3.63, 3.8) is 0 Å². The molecule has 0 spiro atoms. The van der Waals surface area contributed by atoms with Gasteiger partial charge in [-0.2, -0.15) is 0 Å². The van der Waals surface area contributed by atoms with Crippen molar-refractivity contribution >= 4 is 23.6 Å². The summed E-state index contributed by atoms with van der Waals surface area (Å²) in [6, 6.07) is 7.09. The first-order chi connectivity index (χ1) is 15.4. The highest BCUT2D eigenvalue weighted by Gasteiger charge is 2.33. The van der Waals surface area contributed by atoms with Gasteiger partial charge in [0, 0.05) is 52.6 Å². The third-order valence-corrected chi connectivity index (χ3v) is 6.60. The largest absolute Gasteiger partial charge is 0.495 e. The van der Waals surface area contributed by atoms with Gasteiger partial charge in [0.15, 0.2) is 0 Å². The lowest BCUT2D eigenvalue weighted by Crippen LogP contribution is -2.50. The molecule has 2 aliphatic rings. The average Bonchev–Trinajstić information content (AvgIpc) is 2.78. The van der Waals surface area contributed by atoms with Gasteiger partial charge >= 0.3 is 12.0 Å². The van der Waals surface area contributed by atoms with Crippen molar-refractivity contribution in [3.8, 4) is 5.75 Å². The number of urea groups is 1. The summed E-state index contributed by atoms with van der Waals surface area (Å²) >= 11 is 0. The minimum Gasteiger partial charge on any atom is -0.495 e. The molecule has 2 N–H and O–H groups in total. The predicted molar refractivity (Wildman–Crippen MR) is 121 cm³/mol. The molecule has 3 rings (SSSR count). The predicted octanol–water partition coefficient (Wildman–Crippen LogP) is 2.19. The van der Waals surface area contributed by atoms with Gasteiger partial charge in [-0.15, -0.1) is 0 Å². The van der Waals surface area contributed by atoms with Gasteiger partial charge in [0.1, 0.15) is 5.75 Å². The molecule has 2 saturated heterocycles. The standard InChI is InChI=1S/C23H34N4O5/c1-17(28)26-13-11-25(12-14-26)9-7-19-16-27(10-8-18(19)15-22(29)30)23(31)24-20-5-3-4-6-21(20)32-2/h3-6,18-19H,7-16H2,1-2H3,(H,24,31)(H,29,30). The maximum atomic E-state index is 12.9. The summed E-state index contributed by atoms with van der Waals surface area (Å²) in [7, 11) is 1.56. The Morgan fingerprint density at radius 3 is 2.44 bits per heavy atom. The third-order valence-electron chi connectivity index (χ3n) is 6.60. The Labute approximate surface area is 189 Å². The van der Waals surface area contributed by atoms with Crippen molar-refractivity contribution in [2.75, 3.05) is 58.2 Å². The van der Waals surface area contributed by atoms with E-state index in [1.807, 2.05) is 17.0 Å². The van der Waals surface area contributed by atoms with Crippen LogP contribution in [-0.2, 0) is 9.59 Å². The van der Waals surface area contributed by atoms with E-state index in [-0.39, 0.29) is 30.2 Å². The van der Waals surface area contributed by atoms with Crippen LogP contribution in [0.5, 0.6) is 5.75 Å². The molecule has 1 aromatic rings. The summed E-state index contributed by atoms with van der Waals surface area (Å²) in [5, 5.41) is 12.3. The first-order valence-corrected chi connectivity index (χ1v) is 11.3. The molecule has 0 bridgehead atoms. The number of hydrogen-bond acceptors (Lipinski definition) is 5. The topological polar surface area (TPSA) is 102 Å². The van der Waals surface area contributed by atoms with E-state index < -0.39 is 5.97 Å². The number of nitrogens with one attached hydrogen (secondary N) is 1. The second-order valence-corrected chi connectivity index (χ2v) is 8.62. The van der Waals surface area contributed by atoms with Crippen molar-refractivity contribution in [3.05, 3.63) is 24.3 Å². The van der Waals surface area contributed by atoms with Crippen LogP contribution < -0.4 is 10.1 Å². The number of benzene rings is 1. The summed E-state index contributed by atoms with van der Waals surface area (Å²) in [6.07, 6.45) is 1.63.